The second-order valence-electron chi connectivity index (χ2n) is 4.96. The third-order valence-corrected chi connectivity index (χ3v) is 2.99. The minimum atomic E-state index is 0.0861. The lowest BCUT2D eigenvalue weighted by atomic mass is 10.0. The standard InChI is InChI=1S/C12H24N2O/c1-10(2)8-12(9-13-11(3)15)14-6-4-5-7-14/h10,12H,4-9H2,1-3H3,(H,13,15). The van der Waals surface area contributed by atoms with E-state index in [1.807, 2.05) is 0 Å². The SMILES string of the molecule is CC(=O)NCC(CC(C)C)N1CCCC1. The molecule has 3 heteroatoms. The van der Waals surface area contributed by atoms with Crippen LogP contribution in [0, 0.1) is 5.92 Å². The minimum absolute atomic E-state index is 0.0861. The Morgan fingerprint density at radius 1 is 1.33 bits per heavy atom. The van der Waals surface area contributed by atoms with E-state index in [4.69, 9.17) is 0 Å². The van der Waals surface area contributed by atoms with Gasteiger partial charge in [-0.25, -0.2) is 0 Å². The molecule has 1 saturated heterocycles. The van der Waals surface area contributed by atoms with Crippen molar-refractivity contribution in [3.05, 3.63) is 0 Å². The van der Waals surface area contributed by atoms with Crippen LogP contribution in [0.25, 0.3) is 0 Å². The Hall–Kier alpha value is -0.570. The van der Waals surface area contributed by atoms with Gasteiger partial charge >= 0.3 is 0 Å². The van der Waals surface area contributed by atoms with Crippen molar-refractivity contribution in [3.8, 4) is 0 Å². The zero-order chi connectivity index (χ0) is 11.3. The first-order valence-corrected chi connectivity index (χ1v) is 6.08. The number of hydrogen-bond donors (Lipinski definition) is 1. The normalized spacial score (nSPS) is 19.5. The van der Waals surface area contributed by atoms with Crippen LogP contribution in [-0.4, -0.2) is 36.5 Å². The number of hydrogen-bond acceptors (Lipinski definition) is 2. The molecule has 1 aliphatic rings. The number of carbonyl (C=O) groups excluding carboxylic acids is 1. The molecule has 3 nitrogen and oxygen atoms in total. The zero-order valence-electron chi connectivity index (χ0n) is 10.3. The molecule has 1 aliphatic heterocycles. The van der Waals surface area contributed by atoms with Crippen molar-refractivity contribution in [2.45, 2.75) is 46.1 Å². The molecule has 0 aliphatic carbocycles. The zero-order valence-corrected chi connectivity index (χ0v) is 10.3. The van der Waals surface area contributed by atoms with E-state index in [2.05, 4.69) is 24.1 Å². The van der Waals surface area contributed by atoms with E-state index in [-0.39, 0.29) is 5.91 Å². The number of amides is 1. The minimum Gasteiger partial charge on any atom is -0.355 e. The predicted octanol–water partition coefficient (Wildman–Crippen LogP) is 1.63. The molecule has 1 unspecified atom stereocenters. The smallest absolute Gasteiger partial charge is 0.216 e. The van der Waals surface area contributed by atoms with E-state index in [9.17, 15) is 4.79 Å². The van der Waals surface area contributed by atoms with Crippen molar-refractivity contribution >= 4 is 5.91 Å². The number of rotatable bonds is 5. The Labute approximate surface area is 93.2 Å². The highest BCUT2D eigenvalue weighted by molar-refractivity contribution is 5.72. The van der Waals surface area contributed by atoms with Crippen molar-refractivity contribution in [1.82, 2.24) is 10.2 Å². The van der Waals surface area contributed by atoms with Crippen molar-refractivity contribution in [1.29, 1.82) is 0 Å². The van der Waals surface area contributed by atoms with Gasteiger partial charge in [0.2, 0.25) is 5.91 Å². The average molecular weight is 212 g/mol. The Kier molecular flexibility index (Phi) is 5.09. The number of carbonyl (C=O) groups is 1. The van der Waals surface area contributed by atoms with Crippen LogP contribution in [-0.2, 0) is 4.79 Å². The Balaban J connectivity index is 2.40. The highest BCUT2D eigenvalue weighted by Crippen LogP contribution is 2.17. The van der Waals surface area contributed by atoms with Gasteiger partial charge in [0.1, 0.15) is 0 Å². The van der Waals surface area contributed by atoms with Gasteiger partial charge in [0.05, 0.1) is 0 Å². The molecule has 0 radical (unpaired) electrons. The second kappa shape index (κ2) is 6.11. The summed E-state index contributed by atoms with van der Waals surface area (Å²) >= 11 is 0. The third-order valence-electron chi connectivity index (χ3n) is 2.99. The average Bonchev–Trinajstić information content (AvgIpc) is 2.63. The number of nitrogens with zero attached hydrogens (tertiary/aromatic N) is 1. The monoisotopic (exact) mass is 212 g/mol. The van der Waals surface area contributed by atoms with E-state index in [1.54, 1.807) is 6.92 Å². The molecular weight excluding hydrogens is 188 g/mol. The van der Waals surface area contributed by atoms with Gasteiger partial charge < -0.3 is 5.32 Å². The van der Waals surface area contributed by atoms with Crippen LogP contribution in [0.4, 0.5) is 0 Å². The summed E-state index contributed by atoms with van der Waals surface area (Å²) in [6, 6.07) is 0.538. The van der Waals surface area contributed by atoms with Gasteiger partial charge in [-0.2, -0.15) is 0 Å². The maximum absolute atomic E-state index is 10.9. The van der Waals surface area contributed by atoms with Gasteiger partial charge in [0.25, 0.3) is 0 Å². The first-order chi connectivity index (χ1) is 7.09. The highest BCUT2D eigenvalue weighted by Gasteiger charge is 2.22. The van der Waals surface area contributed by atoms with E-state index >= 15 is 0 Å². The molecule has 0 aromatic heterocycles. The number of likely N-dealkylation sites (tertiary alicyclic amines) is 1. The van der Waals surface area contributed by atoms with Crippen molar-refractivity contribution < 1.29 is 4.79 Å². The van der Waals surface area contributed by atoms with Gasteiger partial charge in [-0.3, -0.25) is 9.69 Å². The van der Waals surface area contributed by atoms with Crippen LogP contribution < -0.4 is 5.32 Å². The molecule has 88 valence electrons. The molecular formula is C12H24N2O. The quantitative estimate of drug-likeness (QED) is 0.751. The molecule has 1 fully saturated rings. The molecule has 0 aromatic rings. The second-order valence-corrected chi connectivity index (χ2v) is 4.96. The fourth-order valence-electron chi connectivity index (χ4n) is 2.27. The first-order valence-electron chi connectivity index (χ1n) is 6.08. The lowest BCUT2D eigenvalue weighted by molar-refractivity contribution is -0.119. The lowest BCUT2D eigenvalue weighted by Gasteiger charge is -2.29. The fraction of sp³-hybridized carbons (Fsp3) is 0.917. The maximum atomic E-state index is 10.9. The van der Waals surface area contributed by atoms with Crippen LogP contribution in [0.2, 0.25) is 0 Å². The van der Waals surface area contributed by atoms with Crippen LogP contribution >= 0.6 is 0 Å². The van der Waals surface area contributed by atoms with Crippen LogP contribution in [0.5, 0.6) is 0 Å². The highest BCUT2D eigenvalue weighted by atomic mass is 16.1. The molecule has 1 amide bonds. The summed E-state index contributed by atoms with van der Waals surface area (Å²) in [5, 5.41) is 2.95. The topological polar surface area (TPSA) is 32.3 Å². The summed E-state index contributed by atoms with van der Waals surface area (Å²) in [5.41, 5.74) is 0. The molecule has 15 heavy (non-hydrogen) atoms. The Morgan fingerprint density at radius 3 is 2.40 bits per heavy atom. The summed E-state index contributed by atoms with van der Waals surface area (Å²) in [6.07, 6.45) is 3.81. The lowest BCUT2D eigenvalue weighted by Crippen LogP contribution is -2.42. The van der Waals surface area contributed by atoms with E-state index in [1.165, 1.54) is 32.4 Å². The van der Waals surface area contributed by atoms with Gasteiger partial charge in [-0.15, -0.1) is 0 Å². The Morgan fingerprint density at radius 2 is 1.93 bits per heavy atom. The summed E-state index contributed by atoms with van der Waals surface area (Å²) in [7, 11) is 0. The fourth-order valence-corrected chi connectivity index (χ4v) is 2.27. The molecule has 1 rings (SSSR count). The van der Waals surface area contributed by atoms with Gasteiger partial charge in [-0.1, -0.05) is 13.8 Å². The van der Waals surface area contributed by atoms with Gasteiger partial charge in [-0.05, 0) is 38.3 Å². The molecule has 0 aromatic carbocycles. The van der Waals surface area contributed by atoms with E-state index in [0.717, 1.165) is 6.54 Å². The third kappa shape index (κ3) is 4.65. The molecule has 1 N–H and O–H groups in total. The molecule has 0 saturated carbocycles. The van der Waals surface area contributed by atoms with Gasteiger partial charge in [0.15, 0.2) is 0 Å². The summed E-state index contributed by atoms with van der Waals surface area (Å²) in [6.45, 7) is 9.31. The predicted molar refractivity (Wildman–Crippen MR) is 62.7 cm³/mol. The van der Waals surface area contributed by atoms with E-state index in [0.29, 0.717) is 12.0 Å². The first kappa shape index (κ1) is 12.5. The van der Waals surface area contributed by atoms with Crippen LogP contribution in [0.1, 0.15) is 40.0 Å². The number of nitrogens with one attached hydrogen (secondary N) is 1. The molecule has 1 atom stereocenters. The van der Waals surface area contributed by atoms with Crippen LogP contribution in [0.3, 0.4) is 0 Å². The van der Waals surface area contributed by atoms with Crippen molar-refractivity contribution in [2.24, 2.45) is 5.92 Å². The maximum Gasteiger partial charge on any atom is 0.216 e. The van der Waals surface area contributed by atoms with Crippen LogP contribution in [0.15, 0.2) is 0 Å². The largest absolute Gasteiger partial charge is 0.355 e. The summed E-state index contributed by atoms with van der Waals surface area (Å²) < 4.78 is 0. The summed E-state index contributed by atoms with van der Waals surface area (Å²) in [4.78, 5) is 13.4. The molecule has 0 spiro atoms. The van der Waals surface area contributed by atoms with Gasteiger partial charge in [0, 0.05) is 19.5 Å². The van der Waals surface area contributed by atoms with Crippen molar-refractivity contribution in [2.75, 3.05) is 19.6 Å². The van der Waals surface area contributed by atoms with Crippen molar-refractivity contribution in [3.63, 3.8) is 0 Å². The molecule has 1 heterocycles. The molecule has 0 bridgehead atoms. The van der Waals surface area contributed by atoms with E-state index < -0.39 is 0 Å². The summed E-state index contributed by atoms with van der Waals surface area (Å²) in [5.74, 6) is 0.785. The Bertz CT molecular complexity index is 198.